The van der Waals surface area contributed by atoms with Crippen LogP contribution >= 0.6 is 0 Å². The first-order chi connectivity index (χ1) is 16.3. The Bertz CT molecular complexity index is 1390. The number of pyridine rings is 1. The van der Waals surface area contributed by atoms with Crippen LogP contribution in [0.2, 0.25) is 0 Å². The van der Waals surface area contributed by atoms with Gasteiger partial charge in [0.1, 0.15) is 0 Å². The van der Waals surface area contributed by atoms with E-state index in [2.05, 4.69) is 44.0 Å². The maximum Gasteiger partial charge on any atom is 0.319 e. The quantitative estimate of drug-likeness (QED) is 0.383. The van der Waals surface area contributed by atoms with Crippen LogP contribution in [0.4, 0.5) is 10.5 Å². The van der Waals surface area contributed by atoms with Crippen molar-refractivity contribution in [3.8, 4) is 11.4 Å². The van der Waals surface area contributed by atoms with Crippen LogP contribution in [0.1, 0.15) is 17.0 Å². The molecular formula is C26H21N5O2. The van der Waals surface area contributed by atoms with E-state index in [9.17, 15) is 4.79 Å². The molecule has 0 aliphatic heterocycles. The van der Waals surface area contributed by atoms with E-state index >= 15 is 0 Å². The minimum absolute atomic E-state index is 0.281. The van der Waals surface area contributed by atoms with Gasteiger partial charge in [-0.1, -0.05) is 65.8 Å². The van der Waals surface area contributed by atoms with Crippen LogP contribution < -0.4 is 10.6 Å². The van der Waals surface area contributed by atoms with E-state index in [1.165, 1.54) is 0 Å². The monoisotopic (exact) mass is 435 g/mol. The first kappa shape index (κ1) is 20.4. The summed E-state index contributed by atoms with van der Waals surface area (Å²) in [5, 5.41) is 12.2. The number of nitrogens with zero attached hydrogens (tertiary/aromatic N) is 3. The molecular weight excluding hydrogens is 414 g/mol. The van der Waals surface area contributed by atoms with Crippen LogP contribution in [0.25, 0.3) is 22.2 Å². The van der Waals surface area contributed by atoms with Gasteiger partial charge in [-0.2, -0.15) is 4.98 Å². The van der Waals surface area contributed by atoms with Crippen LogP contribution in [0.15, 0.2) is 95.8 Å². The van der Waals surface area contributed by atoms with Gasteiger partial charge >= 0.3 is 6.03 Å². The average molecular weight is 435 g/mol. The molecule has 2 N–H and O–H groups in total. The zero-order chi connectivity index (χ0) is 22.5. The van der Waals surface area contributed by atoms with Gasteiger partial charge in [-0.3, -0.25) is 4.98 Å². The number of rotatable bonds is 6. The third-order valence-electron chi connectivity index (χ3n) is 5.31. The summed E-state index contributed by atoms with van der Waals surface area (Å²) in [6, 6.07) is 25.2. The molecule has 0 radical (unpaired) electrons. The van der Waals surface area contributed by atoms with E-state index in [0.717, 1.165) is 27.5 Å². The largest absolute Gasteiger partial charge is 0.339 e. The molecule has 0 spiro atoms. The van der Waals surface area contributed by atoms with E-state index in [4.69, 9.17) is 4.52 Å². The number of hydrogen-bond donors (Lipinski definition) is 2. The van der Waals surface area contributed by atoms with Crippen molar-refractivity contribution in [2.24, 2.45) is 0 Å². The predicted molar refractivity (Wildman–Crippen MR) is 127 cm³/mol. The van der Waals surface area contributed by atoms with Crippen LogP contribution in [-0.2, 0) is 13.0 Å². The molecule has 5 rings (SSSR count). The summed E-state index contributed by atoms with van der Waals surface area (Å²) < 4.78 is 5.41. The van der Waals surface area contributed by atoms with E-state index < -0.39 is 0 Å². The van der Waals surface area contributed by atoms with Gasteiger partial charge in [0.2, 0.25) is 11.7 Å². The maximum absolute atomic E-state index is 12.6. The SMILES string of the molecule is O=C(NCc1cccc2ccccc12)Nc1ccccc1Cc1nc(-c2cccnc2)no1. The highest BCUT2D eigenvalue weighted by atomic mass is 16.5. The standard InChI is InChI=1S/C26H21N5O2/c32-26(28-17-20-10-5-9-18-7-1-3-12-22(18)20)29-23-13-4-2-8-19(23)15-24-30-25(31-33-24)21-11-6-14-27-16-21/h1-14,16H,15,17H2,(H2,28,29,32). The topological polar surface area (TPSA) is 92.9 Å². The number of amides is 2. The molecule has 2 heterocycles. The molecule has 162 valence electrons. The van der Waals surface area contributed by atoms with Gasteiger partial charge in [-0.15, -0.1) is 0 Å². The molecule has 0 aliphatic carbocycles. The van der Waals surface area contributed by atoms with Gasteiger partial charge in [0.05, 0.1) is 6.42 Å². The number of fused-ring (bicyclic) bond motifs is 1. The van der Waals surface area contributed by atoms with E-state index in [1.54, 1.807) is 12.4 Å². The Kier molecular flexibility index (Phi) is 5.75. The molecule has 0 atom stereocenters. The lowest BCUT2D eigenvalue weighted by atomic mass is 10.0. The molecule has 2 amide bonds. The Labute approximate surface area is 190 Å². The molecule has 5 aromatic rings. The molecule has 0 saturated carbocycles. The minimum atomic E-state index is -0.281. The van der Waals surface area contributed by atoms with Gasteiger partial charge in [0, 0.05) is 30.2 Å². The van der Waals surface area contributed by atoms with Gasteiger partial charge in [0.15, 0.2) is 0 Å². The van der Waals surface area contributed by atoms with Crippen LogP contribution in [0, 0.1) is 0 Å². The lowest BCUT2D eigenvalue weighted by molar-refractivity contribution is 0.251. The van der Waals surface area contributed by atoms with Gasteiger partial charge in [-0.05, 0) is 40.1 Å². The van der Waals surface area contributed by atoms with E-state index in [-0.39, 0.29) is 6.03 Å². The molecule has 33 heavy (non-hydrogen) atoms. The third kappa shape index (κ3) is 4.72. The first-order valence-corrected chi connectivity index (χ1v) is 10.6. The molecule has 7 nitrogen and oxygen atoms in total. The van der Waals surface area contributed by atoms with Gasteiger partial charge in [0.25, 0.3) is 0 Å². The highest BCUT2D eigenvalue weighted by Gasteiger charge is 2.13. The fraction of sp³-hybridized carbons (Fsp3) is 0.0769. The summed E-state index contributed by atoms with van der Waals surface area (Å²) in [6.07, 6.45) is 3.77. The Morgan fingerprint density at radius 2 is 1.70 bits per heavy atom. The molecule has 3 aromatic carbocycles. The maximum atomic E-state index is 12.6. The number of para-hydroxylation sites is 1. The van der Waals surface area contributed by atoms with Crippen LogP contribution in [0.3, 0.4) is 0 Å². The minimum Gasteiger partial charge on any atom is -0.339 e. The third-order valence-corrected chi connectivity index (χ3v) is 5.31. The number of urea groups is 1. The van der Waals surface area contributed by atoms with Crippen LogP contribution in [-0.4, -0.2) is 21.2 Å². The predicted octanol–water partition coefficient (Wildman–Crippen LogP) is 5.20. The number of carbonyl (C=O) groups is 1. The van der Waals surface area contributed by atoms with Gasteiger partial charge in [-0.25, -0.2) is 4.79 Å². The normalized spacial score (nSPS) is 10.8. The molecule has 0 aliphatic rings. The Morgan fingerprint density at radius 1 is 0.879 bits per heavy atom. The zero-order valence-electron chi connectivity index (χ0n) is 17.7. The van der Waals surface area contributed by atoms with Crippen molar-refractivity contribution in [1.82, 2.24) is 20.4 Å². The molecule has 7 heteroatoms. The number of carbonyl (C=O) groups excluding carboxylic acids is 1. The summed E-state index contributed by atoms with van der Waals surface area (Å²) in [6.45, 7) is 0.424. The Hall–Kier alpha value is -4.52. The van der Waals surface area contributed by atoms with Crippen LogP contribution in [0.5, 0.6) is 0 Å². The van der Waals surface area contributed by atoms with Crippen molar-refractivity contribution in [2.45, 2.75) is 13.0 Å². The number of hydrogen-bond acceptors (Lipinski definition) is 5. The van der Waals surface area contributed by atoms with Gasteiger partial charge < -0.3 is 15.2 Å². The second-order valence-electron chi connectivity index (χ2n) is 7.53. The average Bonchev–Trinajstić information content (AvgIpc) is 3.33. The second kappa shape index (κ2) is 9.32. The second-order valence-corrected chi connectivity index (χ2v) is 7.53. The smallest absolute Gasteiger partial charge is 0.319 e. The molecule has 0 bridgehead atoms. The van der Waals surface area contributed by atoms with Crippen molar-refractivity contribution < 1.29 is 9.32 Å². The molecule has 0 unspecified atom stereocenters. The Morgan fingerprint density at radius 3 is 2.61 bits per heavy atom. The summed E-state index contributed by atoms with van der Waals surface area (Å²) in [4.78, 5) is 21.2. The highest BCUT2D eigenvalue weighted by molar-refractivity contribution is 5.91. The number of nitrogens with one attached hydrogen (secondary N) is 2. The summed E-state index contributed by atoms with van der Waals surface area (Å²) in [5.74, 6) is 0.940. The lowest BCUT2D eigenvalue weighted by Crippen LogP contribution is -2.28. The van der Waals surface area contributed by atoms with Crippen molar-refractivity contribution >= 4 is 22.5 Å². The van der Waals surface area contributed by atoms with Crippen molar-refractivity contribution in [3.63, 3.8) is 0 Å². The number of anilines is 1. The molecule has 0 saturated heterocycles. The van der Waals surface area contributed by atoms with Crippen molar-refractivity contribution in [1.29, 1.82) is 0 Å². The molecule has 2 aromatic heterocycles. The fourth-order valence-corrected chi connectivity index (χ4v) is 3.69. The zero-order valence-corrected chi connectivity index (χ0v) is 17.7. The highest BCUT2D eigenvalue weighted by Crippen LogP contribution is 2.21. The summed E-state index contributed by atoms with van der Waals surface area (Å²) >= 11 is 0. The fourth-order valence-electron chi connectivity index (χ4n) is 3.69. The molecule has 0 fully saturated rings. The van der Waals surface area contributed by atoms with Crippen molar-refractivity contribution in [3.05, 3.63) is 108 Å². The lowest BCUT2D eigenvalue weighted by Gasteiger charge is -2.12. The summed E-state index contributed by atoms with van der Waals surface area (Å²) in [5.41, 5.74) is 3.41. The first-order valence-electron chi connectivity index (χ1n) is 10.6. The Balaban J connectivity index is 1.26. The number of benzene rings is 3. The van der Waals surface area contributed by atoms with Crippen molar-refractivity contribution in [2.75, 3.05) is 5.32 Å². The van der Waals surface area contributed by atoms with E-state index in [0.29, 0.717) is 30.4 Å². The van der Waals surface area contributed by atoms with E-state index in [1.807, 2.05) is 60.7 Å². The summed E-state index contributed by atoms with van der Waals surface area (Å²) in [7, 11) is 0. The number of aromatic nitrogens is 3.